The van der Waals surface area contributed by atoms with Crippen molar-refractivity contribution in [2.45, 2.75) is 76.6 Å². The molecule has 0 aromatic rings. The van der Waals surface area contributed by atoms with Crippen molar-refractivity contribution >= 4 is 39.2 Å². The van der Waals surface area contributed by atoms with E-state index in [0.717, 1.165) is 19.3 Å². The second-order valence-corrected chi connectivity index (χ2v) is 12.0. The fourth-order valence-corrected chi connectivity index (χ4v) is 9.21. The summed E-state index contributed by atoms with van der Waals surface area (Å²) < 4.78 is 4.93. The van der Waals surface area contributed by atoms with E-state index in [0.29, 0.717) is 12.8 Å². The number of aliphatic hydroxyl groups is 1. The normalized spacial score (nSPS) is 49.1. The van der Waals surface area contributed by atoms with Crippen molar-refractivity contribution in [3.05, 3.63) is 0 Å². The zero-order valence-corrected chi connectivity index (χ0v) is 20.4. The van der Waals surface area contributed by atoms with Crippen molar-refractivity contribution in [1.29, 1.82) is 0 Å². The van der Waals surface area contributed by atoms with Crippen molar-refractivity contribution in [3.63, 3.8) is 0 Å². The van der Waals surface area contributed by atoms with E-state index in [9.17, 15) is 24.3 Å². The lowest BCUT2D eigenvalue weighted by atomic mass is 9.44. The molecule has 4 rings (SSSR count). The minimum absolute atomic E-state index is 0.0423. The van der Waals surface area contributed by atoms with Crippen LogP contribution in [0.15, 0.2) is 0 Å². The molecule has 7 heteroatoms. The van der Waals surface area contributed by atoms with Gasteiger partial charge in [0.2, 0.25) is 5.78 Å². The Morgan fingerprint density at radius 1 is 1.16 bits per heavy atom. The highest BCUT2D eigenvalue weighted by Gasteiger charge is 2.71. The molecule has 4 fully saturated rings. The van der Waals surface area contributed by atoms with Gasteiger partial charge in [0, 0.05) is 31.1 Å². The molecule has 172 valence electrons. The van der Waals surface area contributed by atoms with E-state index < -0.39 is 29.4 Å². The van der Waals surface area contributed by atoms with Gasteiger partial charge in [-0.2, -0.15) is 0 Å². The first-order chi connectivity index (χ1) is 14.4. The van der Waals surface area contributed by atoms with Gasteiger partial charge in [-0.25, -0.2) is 0 Å². The number of esters is 1. The molecule has 0 aromatic heterocycles. The Kier molecular flexibility index (Phi) is 5.57. The number of rotatable bonds is 3. The number of alkyl halides is 1. The van der Waals surface area contributed by atoms with Crippen molar-refractivity contribution in [2.75, 3.05) is 6.61 Å². The van der Waals surface area contributed by atoms with E-state index >= 15 is 0 Å². The quantitative estimate of drug-likeness (QED) is 0.475. The molecule has 0 amide bonds. The molecule has 6 nitrogen and oxygen atoms in total. The Hall–Kier alpha value is -1.08. The number of halogens is 1. The Morgan fingerprint density at radius 3 is 2.48 bits per heavy atom. The fraction of sp³-hybridized carbons (Fsp3) is 0.833. The van der Waals surface area contributed by atoms with Crippen LogP contribution in [0.1, 0.15) is 66.2 Å². The molecular formula is C24H33BrO6. The molecule has 0 aliphatic heterocycles. The van der Waals surface area contributed by atoms with Gasteiger partial charge < -0.3 is 9.84 Å². The van der Waals surface area contributed by atoms with Gasteiger partial charge in [-0.05, 0) is 54.8 Å². The van der Waals surface area contributed by atoms with E-state index in [1.807, 2.05) is 13.8 Å². The summed E-state index contributed by atoms with van der Waals surface area (Å²) in [5.41, 5.74) is -2.80. The average molecular weight is 497 g/mol. The second kappa shape index (κ2) is 7.47. The van der Waals surface area contributed by atoms with Gasteiger partial charge in [0.05, 0.1) is 4.83 Å². The van der Waals surface area contributed by atoms with Gasteiger partial charge in [0.15, 0.2) is 6.61 Å². The summed E-state index contributed by atoms with van der Waals surface area (Å²) in [7, 11) is 0. The first-order valence-corrected chi connectivity index (χ1v) is 12.4. The maximum atomic E-state index is 13.7. The monoisotopic (exact) mass is 496 g/mol. The smallest absolute Gasteiger partial charge is 0.303 e. The molecular weight excluding hydrogens is 464 g/mol. The SMILES string of the molecule is CC(=O)OCC(=O)[C@@]1(O)[C@@H](C)C[C@H]2[C@@H]3CCC4C(Br)C(=O)CC[C@]4(C)[C@H]3C(=O)C[C@@]21C. The molecule has 4 saturated carbocycles. The number of fused-ring (bicyclic) bond motifs is 5. The van der Waals surface area contributed by atoms with Crippen molar-refractivity contribution in [1.82, 2.24) is 0 Å². The van der Waals surface area contributed by atoms with Crippen LogP contribution < -0.4 is 0 Å². The van der Waals surface area contributed by atoms with Gasteiger partial charge in [0.25, 0.3) is 0 Å². The Bertz CT molecular complexity index is 840. The largest absolute Gasteiger partial charge is 0.458 e. The van der Waals surface area contributed by atoms with E-state index in [1.165, 1.54) is 6.92 Å². The maximum absolute atomic E-state index is 13.7. The number of carbonyl (C=O) groups excluding carboxylic acids is 4. The maximum Gasteiger partial charge on any atom is 0.303 e. The van der Waals surface area contributed by atoms with Crippen LogP contribution in [0.5, 0.6) is 0 Å². The predicted molar refractivity (Wildman–Crippen MR) is 116 cm³/mol. The molecule has 4 aliphatic rings. The standard InChI is InChI=1S/C24H33BrO6/c1-12-9-16-14-5-6-15-21(25)17(27)7-8-22(15,3)20(14)18(28)10-23(16,4)24(12,30)19(29)11-31-13(2)26/h12,14-16,20-21,30H,5-11H2,1-4H3/t12-,14-,15?,16-,20+,21?,22-,23-,24-/m0/s1. The van der Waals surface area contributed by atoms with E-state index in [2.05, 4.69) is 22.9 Å². The van der Waals surface area contributed by atoms with Gasteiger partial charge >= 0.3 is 5.97 Å². The van der Waals surface area contributed by atoms with Crippen molar-refractivity contribution in [2.24, 2.45) is 40.4 Å². The number of Topliss-reactive ketones (excluding diaryl/α,β-unsaturated/α-hetero) is 3. The average Bonchev–Trinajstić information content (AvgIpc) is 2.90. The van der Waals surface area contributed by atoms with Gasteiger partial charge in [0.1, 0.15) is 17.2 Å². The molecule has 0 heterocycles. The van der Waals surface area contributed by atoms with Crippen LogP contribution >= 0.6 is 15.9 Å². The van der Waals surface area contributed by atoms with Crippen LogP contribution in [-0.2, 0) is 23.9 Å². The third-order valence-electron chi connectivity index (χ3n) is 9.61. The third kappa shape index (κ3) is 3.05. The lowest BCUT2D eigenvalue weighted by Gasteiger charge is -2.60. The Balaban J connectivity index is 1.69. The highest BCUT2D eigenvalue weighted by atomic mass is 79.9. The van der Waals surface area contributed by atoms with Gasteiger partial charge in [-0.1, -0.05) is 36.7 Å². The molecule has 9 atom stereocenters. The summed E-state index contributed by atoms with van der Waals surface area (Å²) in [4.78, 5) is 50.2. The summed E-state index contributed by atoms with van der Waals surface area (Å²) in [6.45, 7) is 6.70. The predicted octanol–water partition coefficient (Wildman–Crippen LogP) is 3.26. The van der Waals surface area contributed by atoms with Crippen LogP contribution in [0.3, 0.4) is 0 Å². The van der Waals surface area contributed by atoms with Crippen LogP contribution in [0, 0.1) is 40.4 Å². The zero-order chi connectivity index (χ0) is 22.9. The van der Waals surface area contributed by atoms with E-state index in [4.69, 9.17) is 4.74 Å². The number of carbonyl (C=O) groups is 4. The topological polar surface area (TPSA) is 97.7 Å². The third-order valence-corrected chi connectivity index (χ3v) is 10.8. The van der Waals surface area contributed by atoms with Crippen LogP contribution in [0.25, 0.3) is 0 Å². The fourth-order valence-electron chi connectivity index (χ4n) is 8.12. The molecule has 0 aromatic carbocycles. The molecule has 4 aliphatic carbocycles. The van der Waals surface area contributed by atoms with E-state index in [-0.39, 0.29) is 57.8 Å². The molecule has 2 unspecified atom stereocenters. The van der Waals surface area contributed by atoms with Crippen LogP contribution in [0.2, 0.25) is 0 Å². The minimum atomic E-state index is -1.69. The summed E-state index contributed by atoms with van der Waals surface area (Å²) in [6, 6.07) is 0. The first kappa shape index (κ1) is 23.1. The van der Waals surface area contributed by atoms with Crippen LogP contribution in [-0.4, -0.2) is 45.5 Å². The Morgan fingerprint density at radius 2 is 1.84 bits per heavy atom. The van der Waals surface area contributed by atoms with Gasteiger partial charge in [-0.3, -0.25) is 19.2 Å². The zero-order valence-electron chi connectivity index (χ0n) is 18.8. The summed E-state index contributed by atoms with van der Waals surface area (Å²) in [6.07, 6.45) is 3.72. The van der Waals surface area contributed by atoms with Crippen molar-refractivity contribution in [3.8, 4) is 0 Å². The van der Waals surface area contributed by atoms with Crippen LogP contribution in [0.4, 0.5) is 0 Å². The summed E-state index contributed by atoms with van der Waals surface area (Å²) in [5.74, 6) is -0.908. The molecule has 0 saturated heterocycles. The first-order valence-electron chi connectivity index (χ1n) is 11.5. The molecule has 0 radical (unpaired) electrons. The number of hydrogen-bond donors (Lipinski definition) is 1. The van der Waals surface area contributed by atoms with Crippen molar-refractivity contribution < 1.29 is 29.0 Å². The lowest BCUT2D eigenvalue weighted by Crippen LogP contribution is -2.64. The molecule has 31 heavy (non-hydrogen) atoms. The highest BCUT2D eigenvalue weighted by molar-refractivity contribution is 9.10. The number of ketones is 3. The number of ether oxygens (including phenoxy) is 1. The molecule has 1 N–H and O–H groups in total. The summed E-state index contributed by atoms with van der Waals surface area (Å²) >= 11 is 3.62. The minimum Gasteiger partial charge on any atom is -0.458 e. The lowest BCUT2D eigenvalue weighted by molar-refractivity contribution is -0.183. The number of hydrogen-bond acceptors (Lipinski definition) is 6. The Labute approximate surface area is 192 Å². The molecule has 0 spiro atoms. The summed E-state index contributed by atoms with van der Waals surface area (Å²) in [5, 5.41) is 11.7. The second-order valence-electron chi connectivity index (χ2n) is 11.0. The van der Waals surface area contributed by atoms with Gasteiger partial charge in [-0.15, -0.1) is 0 Å². The highest BCUT2D eigenvalue weighted by Crippen LogP contribution is 2.68. The molecule has 0 bridgehead atoms. The van der Waals surface area contributed by atoms with E-state index in [1.54, 1.807) is 0 Å².